The third-order valence-electron chi connectivity index (χ3n) is 3.19. The van der Waals surface area contributed by atoms with E-state index in [4.69, 9.17) is 0 Å². The molecule has 1 N–H and O–H groups in total. The lowest BCUT2D eigenvalue weighted by atomic mass is 10.1. The van der Waals surface area contributed by atoms with Gasteiger partial charge in [-0.25, -0.2) is 9.37 Å². The van der Waals surface area contributed by atoms with Crippen LogP contribution in [0.25, 0.3) is 22.7 Å². The molecule has 0 fully saturated rings. The van der Waals surface area contributed by atoms with Crippen molar-refractivity contribution in [1.82, 2.24) is 9.97 Å². The van der Waals surface area contributed by atoms with Crippen LogP contribution >= 0.6 is 0 Å². The van der Waals surface area contributed by atoms with Crippen molar-refractivity contribution in [3.8, 4) is 6.07 Å². The predicted molar refractivity (Wildman–Crippen MR) is 80.7 cm³/mol. The van der Waals surface area contributed by atoms with Crippen LogP contribution < -0.4 is 0 Å². The highest BCUT2D eigenvalue weighted by Gasteiger charge is 2.08. The Morgan fingerprint density at radius 2 is 2.00 bits per heavy atom. The molecule has 21 heavy (non-hydrogen) atoms. The first-order chi connectivity index (χ1) is 10.2. The second-order valence-corrected chi connectivity index (χ2v) is 4.83. The van der Waals surface area contributed by atoms with Crippen molar-refractivity contribution in [2.45, 2.75) is 6.92 Å². The maximum absolute atomic E-state index is 12.9. The van der Waals surface area contributed by atoms with Gasteiger partial charge in [0.25, 0.3) is 0 Å². The van der Waals surface area contributed by atoms with E-state index < -0.39 is 0 Å². The van der Waals surface area contributed by atoms with Crippen LogP contribution in [0.15, 0.2) is 42.5 Å². The molecule has 0 aliphatic rings. The topological polar surface area (TPSA) is 52.5 Å². The van der Waals surface area contributed by atoms with Crippen LogP contribution in [0.5, 0.6) is 0 Å². The number of aromatic nitrogens is 2. The Balaban J connectivity index is 2.05. The molecule has 0 spiro atoms. The Hall–Kier alpha value is -2.93. The van der Waals surface area contributed by atoms with Gasteiger partial charge in [-0.2, -0.15) is 5.26 Å². The average molecular weight is 277 g/mol. The molecule has 0 aliphatic carbocycles. The minimum atomic E-state index is -0.301. The first-order valence-electron chi connectivity index (χ1n) is 6.50. The van der Waals surface area contributed by atoms with Gasteiger partial charge in [0.1, 0.15) is 17.7 Å². The quantitative estimate of drug-likeness (QED) is 0.718. The number of benzene rings is 2. The van der Waals surface area contributed by atoms with Gasteiger partial charge in [-0.05, 0) is 48.4 Å². The highest BCUT2D eigenvalue weighted by atomic mass is 19.1. The lowest BCUT2D eigenvalue weighted by Gasteiger charge is -1.95. The van der Waals surface area contributed by atoms with Crippen LogP contribution in [0.2, 0.25) is 0 Å². The van der Waals surface area contributed by atoms with Crippen LogP contribution in [-0.4, -0.2) is 9.97 Å². The molecule has 0 saturated carbocycles. The summed E-state index contributed by atoms with van der Waals surface area (Å²) in [6.07, 6.45) is 1.68. The molecular weight excluding hydrogens is 265 g/mol. The molecule has 1 heterocycles. The van der Waals surface area contributed by atoms with Gasteiger partial charge in [0.05, 0.1) is 16.6 Å². The summed E-state index contributed by atoms with van der Waals surface area (Å²) in [5.74, 6) is 0.215. The number of hydrogen-bond acceptors (Lipinski definition) is 2. The van der Waals surface area contributed by atoms with E-state index in [0.29, 0.717) is 11.4 Å². The van der Waals surface area contributed by atoms with Crippen LogP contribution in [0.4, 0.5) is 4.39 Å². The van der Waals surface area contributed by atoms with Crippen LogP contribution in [0.1, 0.15) is 17.0 Å². The fourth-order valence-electron chi connectivity index (χ4n) is 2.13. The van der Waals surface area contributed by atoms with E-state index in [2.05, 4.69) is 16.0 Å². The van der Waals surface area contributed by atoms with Crippen LogP contribution in [0, 0.1) is 24.1 Å². The average Bonchev–Trinajstić information content (AvgIpc) is 2.89. The molecule has 0 radical (unpaired) electrons. The van der Waals surface area contributed by atoms with E-state index in [1.807, 2.05) is 25.1 Å². The molecule has 3 aromatic rings. The fourth-order valence-corrected chi connectivity index (χ4v) is 2.13. The molecular formula is C17H12FN3. The lowest BCUT2D eigenvalue weighted by molar-refractivity contribution is 0.628. The molecule has 0 unspecified atom stereocenters. The van der Waals surface area contributed by atoms with E-state index in [9.17, 15) is 9.65 Å². The Morgan fingerprint density at radius 3 is 2.71 bits per heavy atom. The Bertz CT molecular complexity index is 867. The Labute approximate surface area is 121 Å². The number of fused-ring (bicyclic) bond motifs is 1. The van der Waals surface area contributed by atoms with Crippen molar-refractivity contribution >= 4 is 22.7 Å². The molecule has 3 rings (SSSR count). The van der Waals surface area contributed by atoms with Gasteiger partial charge >= 0.3 is 0 Å². The molecule has 1 aromatic heterocycles. The SMILES string of the molecule is Cc1ccc2nc(C(C#N)=Cc3ccc(F)cc3)[nH]c2c1. The van der Waals surface area contributed by atoms with Gasteiger partial charge in [0, 0.05) is 0 Å². The number of allylic oxidation sites excluding steroid dienone is 1. The van der Waals surface area contributed by atoms with Crippen LogP contribution in [0.3, 0.4) is 0 Å². The summed E-state index contributed by atoms with van der Waals surface area (Å²) in [5, 5.41) is 9.32. The number of halogens is 1. The number of nitrogens with one attached hydrogen (secondary N) is 1. The van der Waals surface area contributed by atoms with Crippen LogP contribution in [-0.2, 0) is 0 Å². The van der Waals surface area contributed by atoms with Crippen molar-refractivity contribution < 1.29 is 4.39 Å². The van der Waals surface area contributed by atoms with Gasteiger partial charge in [-0.1, -0.05) is 18.2 Å². The molecule has 0 saturated heterocycles. The van der Waals surface area contributed by atoms with Crippen molar-refractivity contribution in [3.63, 3.8) is 0 Å². The summed E-state index contributed by atoms with van der Waals surface area (Å²) in [6, 6.07) is 14.0. The van der Waals surface area contributed by atoms with E-state index >= 15 is 0 Å². The smallest absolute Gasteiger partial charge is 0.149 e. The third kappa shape index (κ3) is 2.67. The monoisotopic (exact) mass is 277 g/mol. The minimum Gasteiger partial charge on any atom is -0.337 e. The zero-order valence-electron chi connectivity index (χ0n) is 11.4. The van der Waals surface area contributed by atoms with Gasteiger partial charge in [-0.15, -0.1) is 0 Å². The summed E-state index contributed by atoms with van der Waals surface area (Å²) in [6.45, 7) is 2.00. The fraction of sp³-hybridized carbons (Fsp3) is 0.0588. The molecule has 4 heteroatoms. The zero-order chi connectivity index (χ0) is 14.8. The van der Waals surface area contributed by atoms with Gasteiger partial charge in [0.2, 0.25) is 0 Å². The standard InChI is InChI=1S/C17H12FN3/c1-11-2-7-15-16(8-11)21-17(20-15)13(10-19)9-12-3-5-14(18)6-4-12/h2-9H,1H3,(H,20,21). The van der Waals surface area contributed by atoms with E-state index in [0.717, 1.165) is 22.2 Å². The number of aromatic amines is 1. The highest BCUT2D eigenvalue weighted by Crippen LogP contribution is 2.20. The molecule has 0 amide bonds. The summed E-state index contributed by atoms with van der Waals surface area (Å²) in [4.78, 5) is 7.56. The second kappa shape index (κ2) is 5.22. The van der Waals surface area contributed by atoms with Crippen molar-refractivity contribution in [3.05, 3.63) is 65.2 Å². The van der Waals surface area contributed by atoms with Gasteiger partial charge in [0.15, 0.2) is 0 Å². The number of nitrogens with zero attached hydrogens (tertiary/aromatic N) is 2. The maximum atomic E-state index is 12.9. The number of rotatable bonds is 2. The summed E-state index contributed by atoms with van der Waals surface area (Å²) >= 11 is 0. The summed E-state index contributed by atoms with van der Waals surface area (Å²) < 4.78 is 12.9. The predicted octanol–water partition coefficient (Wildman–Crippen LogP) is 4.07. The normalized spacial score (nSPS) is 11.6. The lowest BCUT2D eigenvalue weighted by Crippen LogP contribution is -1.85. The minimum absolute atomic E-state index is 0.301. The number of hydrogen-bond donors (Lipinski definition) is 1. The van der Waals surface area contributed by atoms with Gasteiger partial charge < -0.3 is 4.98 Å². The highest BCUT2D eigenvalue weighted by molar-refractivity contribution is 5.90. The zero-order valence-corrected chi connectivity index (χ0v) is 11.4. The molecule has 0 atom stereocenters. The van der Waals surface area contributed by atoms with Gasteiger partial charge in [-0.3, -0.25) is 0 Å². The number of H-pyrrole nitrogens is 1. The first-order valence-corrected chi connectivity index (χ1v) is 6.50. The third-order valence-corrected chi connectivity index (χ3v) is 3.19. The molecule has 2 aromatic carbocycles. The van der Waals surface area contributed by atoms with E-state index in [-0.39, 0.29) is 5.82 Å². The van der Waals surface area contributed by atoms with Crippen molar-refractivity contribution in [2.24, 2.45) is 0 Å². The molecule has 0 aliphatic heterocycles. The van der Waals surface area contributed by atoms with Crippen molar-refractivity contribution in [2.75, 3.05) is 0 Å². The molecule has 0 bridgehead atoms. The maximum Gasteiger partial charge on any atom is 0.149 e. The van der Waals surface area contributed by atoms with E-state index in [1.165, 1.54) is 12.1 Å². The Morgan fingerprint density at radius 1 is 1.24 bits per heavy atom. The first kappa shape index (κ1) is 13.1. The van der Waals surface area contributed by atoms with E-state index in [1.54, 1.807) is 18.2 Å². The molecule has 102 valence electrons. The summed E-state index contributed by atoms with van der Waals surface area (Å²) in [5.41, 5.74) is 4.00. The summed E-state index contributed by atoms with van der Waals surface area (Å²) in [7, 11) is 0. The number of aryl methyl sites for hydroxylation is 1. The largest absolute Gasteiger partial charge is 0.337 e. The Kier molecular flexibility index (Phi) is 3.25. The number of imidazole rings is 1. The second-order valence-electron chi connectivity index (χ2n) is 4.83. The van der Waals surface area contributed by atoms with Crippen molar-refractivity contribution in [1.29, 1.82) is 5.26 Å². The number of nitriles is 1. The molecule has 3 nitrogen and oxygen atoms in total.